The molecule has 0 radical (unpaired) electrons. The first kappa shape index (κ1) is 16.0. The van der Waals surface area contributed by atoms with Crippen LogP contribution in [-0.2, 0) is 6.42 Å². The summed E-state index contributed by atoms with van der Waals surface area (Å²) in [4.78, 5) is 29.4. The largest absolute Gasteiger partial charge is 0.442 e. The maximum Gasteiger partial charge on any atom is 0.263 e. The van der Waals surface area contributed by atoms with Gasteiger partial charge in [0, 0.05) is 23.1 Å². The van der Waals surface area contributed by atoms with Crippen LogP contribution in [0.1, 0.15) is 32.3 Å². The van der Waals surface area contributed by atoms with Crippen LogP contribution in [0.4, 0.5) is 0 Å². The van der Waals surface area contributed by atoms with Gasteiger partial charge in [0.1, 0.15) is 6.26 Å². The van der Waals surface area contributed by atoms with Crippen molar-refractivity contribution in [2.75, 3.05) is 0 Å². The first-order chi connectivity index (χ1) is 12.7. The number of aromatic nitrogens is 2. The molecule has 0 spiro atoms. The van der Waals surface area contributed by atoms with E-state index < -0.39 is 0 Å². The summed E-state index contributed by atoms with van der Waals surface area (Å²) in [5.41, 5.74) is 2.95. The number of fused-ring (bicyclic) bond motifs is 1. The molecular formula is C21H16N2O3. The fraction of sp³-hybridized carbons (Fsp3) is 0.0952. The molecule has 0 bridgehead atoms. The van der Waals surface area contributed by atoms with Crippen LogP contribution in [0.25, 0.3) is 10.9 Å². The van der Waals surface area contributed by atoms with Gasteiger partial charge in [0.2, 0.25) is 5.78 Å². The molecule has 0 fully saturated rings. The van der Waals surface area contributed by atoms with Gasteiger partial charge in [0.15, 0.2) is 0 Å². The maximum atomic E-state index is 13.1. The smallest absolute Gasteiger partial charge is 0.263 e. The summed E-state index contributed by atoms with van der Waals surface area (Å²) >= 11 is 0. The van der Waals surface area contributed by atoms with Crippen molar-refractivity contribution in [1.82, 2.24) is 9.55 Å². The van der Waals surface area contributed by atoms with Gasteiger partial charge in [-0.25, -0.2) is 4.98 Å². The lowest BCUT2D eigenvalue weighted by molar-refractivity contribution is 0.0948. The van der Waals surface area contributed by atoms with Gasteiger partial charge in [-0.1, -0.05) is 36.4 Å². The van der Waals surface area contributed by atoms with E-state index in [0.29, 0.717) is 5.56 Å². The molecule has 5 heteroatoms. The van der Waals surface area contributed by atoms with Gasteiger partial charge < -0.3 is 4.42 Å². The number of nitrogens with zero attached hydrogens (tertiary/aromatic N) is 2. The zero-order chi connectivity index (χ0) is 18.1. The summed E-state index contributed by atoms with van der Waals surface area (Å²) in [6, 6.07) is 16.7. The van der Waals surface area contributed by atoms with Gasteiger partial charge in [-0.3, -0.25) is 14.2 Å². The lowest BCUT2D eigenvalue weighted by Crippen LogP contribution is -2.14. The third-order valence-electron chi connectivity index (χ3n) is 4.47. The molecule has 2 aromatic heterocycles. The minimum Gasteiger partial charge on any atom is -0.442 e. The topological polar surface area (TPSA) is 65.1 Å². The van der Waals surface area contributed by atoms with Gasteiger partial charge in [-0.05, 0) is 30.7 Å². The lowest BCUT2D eigenvalue weighted by Gasteiger charge is -2.07. The minimum atomic E-state index is -0.215. The Balaban J connectivity index is 1.84. The number of benzene rings is 2. The number of rotatable bonds is 4. The summed E-state index contributed by atoms with van der Waals surface area (Å²) in [6.07, 6.45) is 2.95. The molecule has 4 aromatic rings. The number of ketones is 1. The highest BCUT2D eigenvalue weighted by Gasteiger charge is 2.22. The Labute approximate surface area is 149 Å². The number of carbonyl (C=O) groups excluding carboxylic acids is 2. The van der Waals surface area contributed by atoms with Crippen molar-refractivity contribution in [3.05, 3.63) is 89.8 Å². The van der Waals surface area contributed by atoms with Crippen LogP contribution in [0.5, 0.6) is 0 Å². The molecule has 4 rings (SSSR count). The Hall–Kier alpha value is -3.47. The van der Waals surface area contributed by atoms with Crippen molar-refractivity contribution in [2.45, 2.75) is 13.3 Å². The van der Waals surface area contributed by atoms with E-state index in [2.05, 4.69) is 4.98 Å². The molecule has 0 N–H and O–H groups in total. The number of hydrogen-bond donors (Lipinski definition) is 0. The van der Waals surface area contributed by atoms with E-state index in [1.54, 1.807) is 16.7 Å². The average molecular weight is 344 g/mol. The number of oxazole rings is 1. The SMILES string of the molecule is Cc1c(CC(=O)c2ncco2)c2ccccc2n1C(=O)c1ccccc1. The zero-order valence-corrected chi connectivity index (χ0v) is 14.2. The van der Waals surface area contributed by atoms with Crippen molar-refractivity contribution >= 4 is 22.6 Å². The second kappa shape index (κ2) is 6.44. The van der Waals surface area contributed by atoms with Crippen LogP contribution in [-0.4, -0.2) is 21.2 Å². The number of para-hydroxylation sites is 1. The molecule has 0 amide bonds. The second-order valence-electron chi connectivity index (χ2n) is 6.02. The van der Waals surface area contributed by atoms with Crippen LogP contribution in [0.3, 0.4) is 0 Å². The summed E-state index contributed by atoms with van der Waals surface area (Å²) < 4.78 is 6.78. The van der Waals surface area contributed by atoms with Crippen molar-refractivity contribution in [3.63, 3.8) is 0 Å². The van der Waals surface area contributed by atoms with E-state index in [0.717, 1.165) is 22.2 Å². The fourth-order valence-electron chi connectivity index (χ4n) is 3.23. The summed E-state index contributed by atoms with van der Waals surface area (Å²) in [5, 5.41) is 0.884. The summed E-state index contributed by atoms with van der Waals surface area (Å²) in [5.74, 6) is -0.252. The summed E-state index contributed by atoms with van der Waals surface area (Å²) in [7, 11) is 0. The predicted octanol–water partition coefficient (Wildman–Crippen LogP) is 4.05. The number of carbonyl (C=O) groups is 2. The first-order valence-corrected chi connectivity index (χ1v) is 8.28. The van der Waals surface area contributed by atoms with Gasteiger partial charge >= 0.3 is 0 Å². The lowest BCUT2D eigenvalue weighted by atomic mass is 10.1. The maximum absolute atomic E-state index is 13.1. The van der Waals surface area contributed by atoms with E-state index in [1.807, 2.05) is 49.4 Å². The van der Waals surface area contributed by atoms with Gasteiger partial charge in [-0.15, -0.1) is 0 Å². The quantitative estimate of drug-likeness (QED) is 0.524. The van der Waals surface area contributed by atoms with Crippen LogP contribution in [0.15, 0.2) is 71.5 Å². The Kier molecular flexibility index (Phi) is 3.97. The van der Waals surface area contributed by atoms with E-state index in [9.17, 15) is 9.59 Å². The number of Topliss-reactive ketones (excluding diaryl/α,β-unsaturated/α-hetero) is 1. The Morgan fingerprint density at radius 3 is 2.50 bits per heavy atom. The van der Waals surface area contributed by atoms with Crippen LogP contribution in [0, 0.1) is 6.92 Å². The normalized spacial score (nSPS) is 11.0. The van der Waals surface area contributed by atoms with Crippen molar-refractivity contribution < 1.29 is 14.0 Å². The molecule has 0 saturated carbocycles. The third-order valence-corrected chi connectivity index (χ3v) is 4.47. The van der Waals surface area contributed by atoms with Gasteiger partial charge in [-0.2, -0.15) is 0 Å². The molecule has 0 aliphatic heterocycles. The minimum absolute atomic E-state index is 0.0793. The monoisotopic (exact) mass is 344 g/mol. The van der Waals surface area contributed by atoms with E-state index in [4.69, 9.17) is 4.42 Å². The van der Waals surface area contributed by atoms with Crippen LogP contribution in [0.2, 0.25) is 0 Å². The molecule has 0 atom stereocenters. The molecule has 2 aromatic carbocycles. The highest BCUT2D eigenvalue weighted by atomic mass is 16.3. The zero-order valence-electron chi connectivity index (χ0n) is 14.2. The standard InChI is InChI=1S/C21H16N2O3/c1-14-17(13-19(24)20-22-11-12-26-20)16-9-5-6-10-18(16)23(14)21(25)15-7-3-2-4-8-15/h2-12H,13H2,1H3. The number of hydrogen-bond acceptors (Lipinski definition) is 4. The first-order valence-electron chi connectivity index (χ1n) is 8.28. The van der Waals surface area contributed by atoms with Crippen LogP contribution < -0.4 is 0 Å². The molecular weight excluding hydrogens is 328 g/mol. The Morgan fingerprint density at radius 1 is 1.04 bits per heavy atom. The highest BCUT2D eigenvalue weighted by molar-refractivity contribution is 6.05. The van der Waals surface area contributed by atoms with Gasteiger partial charge in [0.25, 0.3) is 11.8 Å². The third kappa shape index (κ3) is 2.63. The molecule has 0 saturated heterocycles. The van der Waals surface area contributed by atoms with E-state index in [1.165, 1.54) is 12.5 Å². The summed E-state index contributed by atoms with van der Waals surface area (Å²) in [6.45, 7) is 1.86. The average Bonchev–Trinajstić information content (AvgIpc) is 3.30. The second-order valence-corrected chi connectivity index (χ2v) is 6.02. The van der Waals surface area contributed by atoms with E-state index in [-0.39, 0.29) is 24.0 Å². The molecule has 128 valence electrons. The molecule has 0 aliphatic rings. The van der Waals surface area contributed by atoms with Crippen LogP contribution >= 0.6 is 0 Å². The Bertz CT molecular complexity index is 1090. The predicted molar refractivity (Wildman–Crippen MR) is 97.4 cm³/mol. The molecule has 0 unspecified atom stereocenters. The molecule has 5 nitrogen and oxygen atoms in total. The Morgan fingerprint density at radius 2 is 1.77 bits per heavy atom. The van der Waals surface area contributed by atoms with Crippen molar-refractivity contribution in [3.8, 4) is 0 Å². The van der Waals surface area contributed by atoms with Crippen molar-refractivity contribution in [2.24, 2.45) is 0 Å². The fourth-order valence-corrected chi connectivity index (χ4v) is 3.23. The van der Waals surface area contributed by atoms with Gasteiger partial charge in [0.05, 0.1) is 11.7 Å². The molecule has 2 heterocycles. The highest BCUT2D eigenvalue weighted by Crippen LogP contribution is 2.28. The van der Waals surface area contributed by atoms with Crippen molar-refractivity contribution in [1.29, 1.82) is 0 Å². The van der Waals surface area contributed by atoms with E-state index >= 15 is 0 Å². The molecule has 26 heavy (non-hydrogen) atoms. The molecule has 0 aliphatic carbocycles.